The van der Waals surface area contributed by atoms with Crippen LogP contribution >= 0.6 is 0 Å². The molecule has 1 aromatic rings. The average molecular weight is 242 g/mol. The van der Waals surface area contributed by atoms with Gasteiger partial charge in [-0.1, -0.05) is 6.07 Å². The molecule has 0 heterocycles. The van der Waals surface area contributed by atoms with E-state index in [2.05, 4.69) is 5.32 Å². The standard InChI is InChI=1S/C12H16F2N2O/c1-8(12(17)16(2)3)15-7-9-4-5-10(13)6-11(9)14/h4-6,8,15H,7H2,1-3H3. The minimum absolute atomic E-state index is 0.0903. The van der Waals surface area contributed by atoms with Crippen molar-refractivity contribution in [3.8, 4) is 0 Å². The molecule has 0 spiro atoms. The molecule has 1 aromatic carbocycles. The summed E-state index contributed by atoms with van der Waals surface area (Å²) >= 11 is 0. The van der Waals surface area contributed by atoms with Crippen LogP contribution in [-0.2, 0) is 11.3 Å². The Morgan fingerprint density at radius 2 is 2.06 bits per heavy atom. The molecule has 3 nitrogen and oxygen atoms in total. The van der Waals surface area contributed by atoms with Crippen LogP contribution in [0.1, 0.15) is 12.5 Å². The highest BCUT2D eigenvalue weighted by Gasteiger charge is 2.14. The maximum absolute atomic E-state index is 13.3. The Labute approximate surface area is 99.4 Å². The molecule has 0 aliphatic rings. The topological polar surface area (TPSA) is 32.3 Å². The lowest BCUT2D eigenvalue weighted by Crippen LogP contribution is -2.41. The van der Waals surface area contributed by atoms with Gasteiger partial charge in [0.25, 0.3) is 0 Å². The van der Waals surface area contributed by atoms with Crippen LogP contribution < -0.4 is 5.32 Å². The van der Waals surface area contributed by atoms with Crippen molar-refractivity contribution in [2.75, 3.05) is 14.1 Å². The third-order valence-electron chi connectivity index (χ3n) is 2.43. The third kappa shape index (κ3) is 3.78. The van der Waals surface area contributed by atoms with Gasteiger partial charge in [0.1, 0.15) is 11.6 Å². The van der Waals surface area contributed by atoms with Crippen LogP contribution in [0.4, 0.5) is 8.78 Å². The van der Waals surface area contributed by atoms with Gasteiger partial charge in [0.15, 0.2) is 0 Å². The molecular weight excluding hydrogens is 226 g/mol. The van der Waals surface area contributed by atoms with Crippen molar-refractivity contribution in [3.05, 3.63) is 35.4 Å². The summed E-state index contributed by atoms with van der Waals surface area (Å²) in [5.41, 5.74) is 0.338. The van der Waals surface area contributed by atoms with E-state index in [9.17, 15) is 13.6 Å². The number of nitrogens with zero attached hydrogens (tertiary/aromatic N) is 1. The van der Waals surface area contributed by atoms with E-state index in [1.165, 1.54) is 17.0 Å². The smallest absolute Gasteiger partial charge is 0.238 e. The highest BCUT2D eigenvalue weighted by molar-refractivity contribution is 5.80. The van der Waals surface area contributed by atoms with Crippen LogP contribution in [0.2, 0.25) is 0 Å². The molecule has 0 aliphatic heterocycles. The van der Waals surface area contributed by atoms with E-state index < -0.39 is 17.7 Å². The predicted molar refractivity (Wildman–Crippen MR) is 61.4 cm³/mol. The first-order valence-corrected chi connectivity index (χ1v) is 5.30. The van der Waals surface area contributed by atoms with Crippen molar-refractivity contribution >= 4 is 5.91 Å². The molecule has 1 rings (SSSR count). The molecule has 0 radical (unpaired) electrons. The monoisotopic (exact) mass is 242 g/mol. The van der Waals surface area contributed by atoms with Crippen LogP contribution in [0.5, 0.6) is 0 Å². The molecule has 1 N–H and O–H groups in total. The third-order valence-corrected chi connectivity index (χ3v) is 2.43. The van der Waals surface area contributed by atoms with Crippen molar-refractivity contribution in [1.82, 2.24) is 10.2 Å². The second-order valence-corrected chi connectivity index (χ2v) is 4.07. The van der Waals surface area contributed by atoms with Crippen LogP contribution in [0.15, 0.2) is 18.2 Å². The number of benzene rings is 1. The number of hydrogen-bond acceptors (Lipinski definition) is 2. The zero-order valence-electron chi connectivity index (χ0n) is 10.1. The highest BCUT2D eigenvalue weighted by atomic mass is 19.1. The Morgan fingerprint density at radius 3 is 2.59 bits per heavy atom. The summed E-state index contributed by atoms with van der Waals surface area (Å²) in [7, 11) is 3.30. The van der Waals surface area contributed by atoms with Gasteiger partial charge < -0.3 is 10.2 Å². The molecule has 1 atom stereocenters. The predicted octanol–water partition coefficient (Wildman–Crippen LogP) is 1.53. The number of hydrogen-bond donors (Lipinski definition) is 1. The minimum Gasteiger partial charge on any atom is -0.347 e. The van der Waals surface area contributed by atoms with Gasteiger partial charge >= 0.3 is 0 Å². The first-order chi connectivity index (χ1) is 7.91. The number of carbonyl (C=O) groups is 1. The zero-order valence-corrected chi connectivity index (χ0v) is 10.1. The number of amides is 1. The lowest BCUT2D eigenvalue weighted by Gasteiger charge is -2.18. The van der Waals surface area contributed by atoms with Crippen LogP contribution in [0, 0.1) is 11.6 Å². The first-order valence-electron chi connectivity index (χ1n) is 5.30. The fourth-order valence-electron chi connectivity index (χ4n) is 1.40. The summed E-state index contributed by atoms with van der Waals surface area (Å²) in [6.45, 7) is 1.89. The molecule has 1 amide bonds. The molecule has 0 bridgehead atoms. The van der Waals surface area contributed by atoms with Crippen molar-refractivity contribution in [2.24, 2.45) is 0 Å². The molecule has 94 valence electrons. The van der Waals surface area contributed by atoms with E-state index in [0.29, 0.717) is 5.56 Å². The van der Waals surface area contributed by atoms with Crippen LogP contribution in [0.25, 0.3) is 0 Å². The molecule has 1 unspecified atom stereocenters. The first kappa shape index (κ1) is 13.6. The van der Waals surface area contributed by atoms with E-state index in [1.54, 1.807) is 21.0 Å². The lowest BCUT2D eigenvalue weighted by molar-refractivity contribution is -0.130. The molecule has 0 aliphatic carbocycles. The molecule has 0 saturated carbocycles. The normalized spacial score (nSPS) is 12.3. The van der Waals surface area contributed by atoms with Crippen molar-refractivity contribution in [3.63, 3.8) is 0 Å². The number of halogens is 2. The van der Waals surface area contributed by atoms with Gasteiger partial charge in [-0.15, -0.1) is 0 Å². The number of likely N-dealkylation sites (N-methyl/N-ethyl adjacent to an activating group) is 1. The zero-order chi connectivity index (χ0) is 13.0. The van der Waals surface area contributed by atoms with Crippen molar-refractivity contribution in [2.45, 2.75) is 19.5 Å². The second kappa shape index (κ2) is 5.72. The summed E-state index contributed by atoms with van der Waals surface area (Å²) in [6.07, 6.45) is 0. The van der Waals surface area contributed by atoms with Gasteiger partial charge in [-0.3, -0.25) is 4.79 Å². The van der Waals surface area contributed by atoms with Gasteiger partial charge in [-0.05, 0) is 13.0 Å². The van der Waals surface area contributed by atoms with Crippen LogP contribution in [-0.4, -0.2) is 30.9 Å². The molecule has 17 heavy (non-hydrogen) atoms. The van der Waals surface area contributed by atoms with E-state index >= 15 is 0 Å². The van der Waals surface area contributed by atoms with Gasteiger partial charge in [0.05, 0.1) is 6.04 Å². The Balaban J connectivity index is 2.59. The number of rotatable bonds is 4. The summed E-state index contributed by atoms with van der Waals surface area (Å²) in [4.78, 5) is 13.0. The molecule has 0 aromatic heterocycles. The van der Waals surface area contributed by atoms with Gasteiger partial charge in [0, 0.05) is 32.3 Å². The Hall–Kier alpha value is -1.49. The second-order valence-electron chi connectivity index (χ2n) is 4.07. The highest BCUT2D eigenvalue weighted by Crippen LogP contribution is 2.09. The molecule has 5 heteroatoms. The molecule has 0 fully saturated rings. The summed E-state index contributed by atoms with van der Waals surface area (Å²) in [5, 5.41) is 2.89. The van der Waals surface area contributed by atoms with E-state index in [4.69, 9.17) is 0 Å². The van der Waals surface area contributed by atoms with E-state index in [-0.39, 0.29) is 12.5 Å². The van der Waals surface area contributed by atoms with E-state index in [0.717, 1.165) is 6.07 Å². The molecule has 0 saturated heterocycles. The van der Waals surface area contributed by atoms with Crippen molar-refractivity contribution in [1.29, 1.82) is 0 Å². The van der Waals surface area contributed by atoms with Gasteiger partial charge in [0.2, 0.25) is 5.91 Å². The fraction of sp³-hybridized carbons (Fsp3) is 0.417. The average Bonchev–Trinajstić information content (AvgIpc) is 2.26. The Kier molecular flexibility index (Phi) is 4.57. The van der Waals surface area contributed by atoms with E-state index in [1.807, 2.05) is 0 Å². The fourth-order valence-corrected chi connectivity index (χ4v) is 1.40. The Morgan fingerprint density at radius 1 is 1.41 bits per heavy atom. The molecular formula is C12H16F2N2O. The SMILES string of the molecule is CC(NCc1ccc(F)cc1F)C(=O)N(C)C. The summed E-state index contributed by atoms with van der Waals surface area (Å²) in [6, 6.07) is 2.98. The maximum Gasteiger partial charge on any atom is 0.238 e. The van der Waals surface area contributed by atoms with Gasteiger partial charge in [-0.25, -0.2) is 8.78 Å². The largest absolute Gasteiger partial charge is 0.347 e. The number of carbonyl (C=O) groups excluding carboxylic acids is 1. The van der Waals surface area contributed by atoms with Gasteiger partial charge in [-0.2, -0.15) is 0 Å². The summed E-state index contributed by atoms with van der Waals surface area (Å²) < 4.78 is 25.9. The minimum atomic E-state index is -0.609. The van der Waals surface area contributed by atoms with Crippen molar-refractivity contribution < 1.29 is 13.6 Å². The summed E-state index contributed by atoms with van der Waals surface area (Å²) in [5.74, 6) is -1.31. The van der Waals surface area contributed by atoms with Crippen LogP contribution in [0.3, 0.4) is 0 Å². The maximum atomic E-state index is 13.3. The number of nitrogens with one attached hydrogen (secondary N) is 1. The quantitative estimate of drug-likeness (QED) is 0.868. The lowest BCUT2D eigenvalue weighted by atomic mass is 10.2. The Bertz CT molecular complexity index is 407.